The first-order chi connectivity index (χ1) is 14.0. The first-order valence-electron chi connectivity index (χ1n) is 9.59. The van der Waals surface area contributed by atoms with E-state index in [0.29, 0.717) is 31.1 Å². The average Bonchev–Trinajstić information content (AvgIpc) is 3.13. The van der Waals surface area contributed by atoms with Crippen molar-refractivity contribution >= 4 is 23.7 Å². The summed E-state index contributed by atoms with van der Waals surface area (Å²) in [6.07, 6.45) is 1.56. The molecule has 1 amide bonds. The lowest BCUT2D eigenvalue weighted by Crippen LogP contribution is -2.11. The van der Waals surface area contributed by atoms with Gasteiger partial charge in [0, 0.05) is 11.3 Å². The molecular weight excluding hydrogens is 389 g/mol. The van der Waals surface area contributed by atoms with Crippen LogP contribution in [0.25, 0.3) is 0 Å². The zero-order valence-electron chi connectivity index (χ0n) is 16.5. The number of nitrogens with one attached hydrogen (secondary N) is 1. The van der Waals surface area contributed by atoms with Crippen molar-refractivity contribution in [3.63, 3.8) is 0 Å². The Labute approximate surface area is 174 Å². The third-order valence-corrected chi connectivity index (χ3v) is 5.44. The summed E-state index contributed by atoms with van der Waals surface area (Å²) >= 11 is 1.59. The summed E-state index contributed by atoms with van der Waals surface area (Å²) < 4.78 is 18.4. The number of carbonyl (C=O) groups excluding carboxylic acids is 1. The summed E-state index contributed by atoms with van der Waals surface area (Å²) in [5.41, 5.74) is 2.36. The molecule has 2 aromatic carbocycles. The highest BCUT2D eigenvalue weighted by atomic mass is 32.2. The molecule has 0 saturated carbocycles. The van der Waals surface area contributed by atoms with Gasteiger partial charge in [-0.2, -0.15) is 0 Å². The van der Waals surface area contributed by atoms with E-state index < -0.39 is 0 Å². The Morgan fingerprint density at radius 1 is 1.10 bits per heavy atom. The Hall–Kier alpha value is -2.67. The number of halogens is 1. The van der Waals surface area contributed by atoms with Gasteiger partial charge in [-0.15, -0.1) is 16.9 Å². The second-order valence-electron chi connectivity index (χ2n) is 7.03. The number of nitrogens with zero attached hydrogens (tertiary/aromatic N) is 2. The zero-order chi connectivity index (χ0) is 20.6. The molecule has 0 aliphatic rings. The highest BCUT2D eigenvalue weighted by Gasteiger charge is 2.11. The number of amides is 1. The predicted molar refractivity (Wildman–Crippen MR) is 113 cm³/mol. The van der Waals surface area contributed by atoms with Gasteiger partial charge < -0.3 is 4.42 Å². The van der Waals surface area contributed by atoms with E-state index in [9.17, 15) is 9.18 Å². The van der Waals surface area contributed by atoms with Crippen molar-refractivity contribution in [2.24, 2.45) is 0 Å². The number of anilines is 1. The second-order valence-corrected chi connectivity index (χ2v) is 8.20. The SMILES string of the molecule is CC(C)c1ccc(Cc2nnc(NC(=O)CCCSc3ccc(F)cc3)o2)cc1. The van der Waals surface area contributed by atoms with Crippen LogP contribution in [0.4, 0.5) is 10.4 Å². The molecule has 5 nitrogen and oxygen atoms in total. The number of hydrogen-bond acceptors (Lipinski definition) is 5. The van der Waals surface area contributed by atoms with Gasteiger partial charge in [-0.1, -0.05) is 43.2 Å². The maximum Gasteiger partial charge on any atom is 0.322 e. The largest absolute Gasteiger partial charge is 0.407 e. The van der Waals surface area contributed by atoms with Gasteiger partial charge in [-0.25, -0.2) is 4.39 Å². The summed E-state index contributed by atoms with van der Waals surface area (Å²) in [5, 5.41) is 10.5. The number of aromatic nitrogens is 2. The van der Waals surface area contributed by atoms with Crippen LogP contribution in [-0.4, -0.2) is 21.9 Å². The quantitative estimate of drug-likeness (QED) is 0.374. The topological polar surface area (TPSA) is 68.0 Å². The van der Waals surface area contributed by atoms with E-state index in [0.717, 1.165) is 16.2 Å². The molecule has 3 rings (SSSR count). The molecule has 0 aliphatic carbocycles. The molecule has 3 aromatic rings. The summed E-state index contributed by atoms with van der Waals surface area (Å²) in [4.78, 5) is 13.0. The molecule has 1 aromatic heterocycles. The summed E-state index contributed by atoms with van der Waals surface area (Å²) in [6.45, 7) is 4.31. The third-order valence-electron chi connectivity index (χ3n) is 4.35. The zero-order valence-corrected chi connectivity index (χ0v) is 17.3. The maximum atomic E-state index is 12.9. The Morgan fingerprint density at radius 3 is 2.52 bits per heavy atom. The second kappa shape index (κ2) is 10.2. The fourth-order valence-corrected chi connectivity index (χ4v) is 3.56. The average molecular weight is 414 g/mol. The monoisotopic (exact) mass is 413 g/mol. The molecule has 0 unspecified atom stereocenters. The van der Waals surface area contributed by atoms with Gasteiger partial charge in [0.15, 0.2) is 0 Å². The van der Waals surface area contributed by atoms with Gasteiger partial charge in [0.25, 0.3) is 0 Å². The van der Waals surface area contributed by atoms with E-state index in [1.165, 1.54) is 17.7 Å². The van der Waals surface area contributed by atoms with Crippen molar-refractivity contribution in [1.82, 2.24) is 10.2 Å². The molecule has 0 saturated heterocycles. The fraction of sp³-hybridized carbons (Fsp3) is 0.318. The molecule has 0 radical (unpaired) electrons. The Bertz CT molecular complexity index is 924. The summed E-state index contributed by atoms with van der Waals surface area (Å²) in [7, 11) is 0. The van der Waals surface area contributed by atoms with Crippen LogP contribution in [0.5, 0.6) is 0 Å². The van der Waals surface area contributed by atoms with Crippen molar-refractivity contribution in [3.8, 4) is 0 Å². The molecule has 1 N–H and O–H groups in total. The van der Waals surface area contributed by atoms with Crippen LogP contribution in [0.15, 0.2) is 57.8 Å². The molecule has 0 spiro atoms. The first-order valence-corrected chi connectivity index (χ1v) is 10.6. The number of benzene rings is 2. The van der Waals surface area contributed by atoms with Crippen molar-refractivity contribution in [2.75, 3.05) is 11.1 Å². The van der Waals surface area contributed by atoms with Crippen LogP contribution in [0.3, 0.4) is 0 Å². The van der Waals surface area contributed by atoms with E-state index in [1.54, 1.807) is 23.9 Å². The van der Waals surface area contributed by atoms with Gasteiger partial charge in [0.05, 0.1) is 6.42 Å². The lowest BCUT2D eigenvalue weighted by Gasteiger charge is -2.05. The molecular formula is C22H24FN3O2S. The first kappa shape index (κ1) is 21.0. The molecule has 29 heavy (non-hydrogen) atoms. The number of rotatable bonds is 9. The van der Waals surface area contributed by atoms with E-state index >= 15 is 0 Å². The normalized spacial score (nSPS) is 11.0. The van der Waals surface area contributed by atoms with E-state index in [1.807, 2.05) is 0 Å². The Kier molecular flexibility index (Phi) is 7.41. The van der Waals surface area contributed by atoms with Crippen molar-refractivity contribution in [1.29, 1.82) is 0 Å². The highest BCUT2D eigenvalue weighted by molar-refractivity contribution is 7.99. The summed E-state index contributed by atoms with van der Waals surface area (Å²) in [5.74, 6) is 1.30. The minimum absolute atomic E-state index is 0.120. The summed E-state index contributed by atoms with van der Waals surface area (Å²) in [6, 6.07) is 14.8. The van der Waals surface area contributed by atoms with Crippen LogP contribution in [0.2, 0.25) is 0 Å². The molecule has 1 heterocycles. The van der Waals surface area contributed by atoms with E-state index in [4.69, 9.17) is 4.42 Å². The van der Waals surface area contributed by atoms with Crippen LogP contribution in [0, 0.1) is 5.82 Å². The van der Waals surface area contributed by atoms with Crippen LogP contribution >= 0.6 is 11.8 Å². The van der Waals surface area contributed by atoms with Crippen LogP contribution in [0.1, 0.15) is 49.6 Å². The minimum atomic E-state index is -0.250. The van der Waals surface area contributed by atoms with E-state index in [2.05, 4.69) is 53.6 Å². The number of thioether (sulfide) groups is 1. The molecule has 152 valence electrons. The third kappa shape index (κ3) is 6.71. The molecule has 0 fully saturated rings. The standard InChI is InChI=1S/C22H24FN3O2S/c1-15(2)17-7-5-16(6-8-17)14-21-25-26-22(28-21)24-20(27)4-3-13-29-19-11-9-18(23)10-12-19/h5-12,15H,3-4,13-14H2,1-2H3,(H,24,26,27). The number of carbonyl (C=O) groups is 1. The van der Waals surface area contributed by atoms with Gasteiger partial charge in [-0.3, -0.25) is 10.1 Å². The number of hydrogen-bond donors (Lipinski definition) is 1. The smallest absolute Gasteiger partial charge is 0.322 e. The van der Waals surface area contributed by atoms with Crippen molar-refractivity contribution in [3.05, 3.63) is 71.4 Å². The fourth-order valence-electron chi connectivity index (χ4n) is 2.71. The van der Waals surface area contributed by atoms with Crippen LogP contribution < -0.4 is 5.32 Å². The Balaban J connectivity index is 1.40. The van der Waals surface area contributed by atoms with Crippen LogP contribution in [-0.2, 0) is 11.2 Å². The lowest BCUT2D eigenvalue weighted by atomic mass is 10.0. The minimum Gasteiger partial charge on any atom is -0.407 e. The molecule has 0 bridgehead atoms. The molecule has 7 heteroatoms. The van der Waals surface area contributed by atoms with E-state index in [-0.39, 0.29) is 17.7 Å². The van der Waals surface area contributed by atoms with Crippen molar-refractivity contribution in [2.45, 2.75) is 43.9 Å². The van der Waals surface area contributed by atoms with Crippen molar-refractivity contribution < 1.29 is 13.6 Å². The molecule has 0 atom stereocenters. The maximum absolute atomic E-state index is 12.9. The van der Waals surface area contributed by atoms with Gasteiger partial charge in [-0.05, 0) is 53.5 Å². The Morgan fingerprint density at radius 2 is 1.83 bits per heavy atom. The van der Waals surface area contributed by atoms with Gasteiger partial charge >= 0.3 is 6.01 Å². The highest BCUT2D eigenvalue weighted by Crippen LogP contribution is 2.20. The lowest BCUT2D eigenvalue weighted by molar-refractivity contribution is -0.116. The molecule has 0 aliphatic heterocycles. The predicted octanol–water partition coefficient (Wildman–Crippen LogP) is 5.43. The van der Waals surface area contributed by atoms with Gasteiger partial charge in [0.2, 0.25) is 11.8 Å². The van der Waals surface area contributed by atoms with Gasteiger partial charge in [0.1, 0.15) is 5.82 Å².